The number of hydrogen-bond donors (Lipinski definition) is 2. The lowest BCUT2D eigenvalue weighted by atomic mass is 10.0. The Bertz CT molecular complexity index is 510. The predicted octanol–water partition coefficient (Wildman–Crippen LogP) is 2.26. The van der Waals surface area contributed by atoms with Gasteiger partial charge in [-0.15, -0.1) is 0 Å². The van der Waals surface area contributed by atoms with Crippen LogP contribution in [0.3, 0.4) is 0 Å². The molecule has 0 saturated carbocycles. The van der Waals surface area contributed by atoms with Crippen molar-refractivity contribution in [2.24, 2.45) is 0 Å². The highest BCUT2D eigenvalue weighted by molar-refractivity contribution is 7.89. The van der Waals surface area contributed by atoms with Crippen molar-refractivity contribution in [1.29, 1.82) is 0 Å². The third-order valence-corrected chi connectivity index (χ3v) is 4.78. The van der Waals surface area contributed by atoms with Crippen molar-refractivity contribution >= 4 is 10.0 Å². The van der Waals surface area contributed by atoms with E-state index in [9.17, 15) is 8.42 Å². The Morgan fingerprint density at radius 1 is 1.21 bits per heavy atom. The molecule has 0 atom stereocenters. The molecule has 0 amide bonds. The molecule has 5 heteroatoms. The number of nitrogens with one attached hydrogen (secondary N) is 2. The molecule has 108 valence electrons. The van der Waals surface area contributed by atoms with E-state index in [4.69, 9.17) is 0 Å². The van der Waals surface area contributed by atoms with Crippen molar-refractivity contribution in [1.82, 2.24) is 10.0 Å². The summed E-state index contributed by atoms with van der Waals surface area (Å²) in [5.74, 6) is 0. The van der Waals surface area contributed by atoms with Gasteiger partial charge in [-0.1, -0.05) is 26.0 Å². The van der Waals surface area contributed by atoms with E-state index in [0.29, 0.717) is 11.4 Å². The van der Waals surface area contributed by atoms with Crippen LogP contribution in [-0.4, -0.2) is 20.5 Å². The minimum absolute atomic E-state index is 0.324. The Morgan fingerprint density at radius 3 is 2.47 bits per heavy atom. The van der Waals surface area contributed by atoms with Gasteiger partial charge in [-0.3, -0.25) is 0 Å². The molecule has 0 fully saturated rings. The second kappa shape index (κ2) is 6.50. The van der Waals surface area contributed by atoms with Crippen LogP contribution in [0.15, 0.2) is 29.2 Å². The smallest absolute Gasteiger partial charge is 0.241 e. The first-order chi connectivity index (χ1) is 8.80. The lowest BCUT2D eigenvalue weighted by molar-refractivity contribution is 0.439. The first-order valence-corrected chi connectivity index (χ1v) is 8.12. The molecular weight excluding hydrogens is 260 g/mol. The fraction of sp³-hybridized carbons (Fsp3) is 0.571. The van der Waals surface area contributed by atoms with Crippen LogP contribution in [0.5, 0.6) is 0 Å². The van der Waals surface area contributed by atoms with Crippen molar-refractivity contribution in [2.45, 2.75) is 51.1 Å². The Morgan fingerprint density at radius 2 is 1.89 bits per heavy atom. The summed E-state index contributed by atoms with van der Waals surface area (Å²) < 4.78 is 27.3. The zero-order valence-electron chi connectivity index (χ0n) is 12.2. The quantitative estimate of drug-likeness (QED) is 0.807. The molecule has 0 unspecified atom stereocenters. The van der Waals surface area contributed by atoms with Crippen LogP contribution >= 0.6 is 0 Å². The van der Waals surface area contributed by atoms with Gasteiger partial charge in [0.25, 0.3) is 0 Å². The molecule has 1 rings (SSSR count). The van der Waals surface area contributed by atoms with Crippen molar-refractivity contribution in [3.8, 4) is 0 Å². The highest BCUT2D eigenvalue weighted by atomic mass is 32.2. The number of sulfonamides is 1. The van der Waals surface area contributed by atoms with Gasteiger partial charge in [-0.2, -0.15) is 0 Å². The fourth-order valence-corrected chi connectivity index (χ4v) is 3.14. The summed E-state index contributed by atoms with van der Waals surface area (Å²) in [7, 11) is -3.46. The minimum Gasteiger partial charge on any atom is -0.313 e. The molecule has 0 aliphatic heterocycles. The number of hydrogen-bond acceptors (Lipinski definition) is 3. The first kappa shape index (κ1) is 16.1. The standard InChI is InChI=1S/C14H24N2O2S/c1-5-14(3,4)16-19(17,18)13-9-7-8-12(10-13)11-15-6-2/h7-10,15-16H,5-6,11H2,1-4H3. The van der Waals surface area contributed by atoms with Crippen LogP contribution in [0.25, 0.3) is 0 Å². The molecule has 0 aromatic heterocycles. The Labute approximate surface area is 116 Å². The molecule has 2 N–H and O–H groups in total. The van der Waals surface area contributed by atoms with Crippen LogP contribution in [0.4, 0.5) is 0 Å². The minimum atomic E-state index is -3.46. The van der Waals surface area contributed by atoms with Gasteiger partial charge < -0.3 is 5.32 Å². The summed E-state index contributed by atoms with van der Waals surface area (Å²) in [4.78, 5) is 0.324. The summed E-state index contributed by atoms with van der Waals surface area (Å²) in [5, 5.41) is 3.19. The van der Waals surface area contributed by atoms with Crippen molar-refractivity contribution in [3.63, 3.8) is 0 Å². The van der Waals surface area contributed by atoms with E-state index in [2.05, 4.69) is 10.0 Å². The zero-order valence-corrected chi connectivity index (χ0v) is 13.0. The maximum atomic E-state index is 12.3. The van der Waals surface area contributed by atoms with Gasteiger partial charge in [0.15, 0.2) is 0 Å². The maximum absolute atomic E-state index is 12.3. The predicted molar refractivity (Wildman–Crippen MR) is 78.5 cm³/mol. The number of benzene rings is 1. The van der Waals surface area contributed by atoms with Gasteiger partial charge in [0.1, 0.15) is 0 Å². The van der Waals surface area contributed by atoms with E-state index in [-0.39, 0.29) is 0 Å². The molecule has 0 aliphatic rings. The van der Waals surface area contributed by atoms with Crippen LogP contribution < -0.4 is 10.0 Å². The molecule has 19 heavy (non-hydrogen) atoms. The highest BCUT2D eigenvalue weighted by Crippen LogP contribution is 2.16. The van der Waals surface area contributed by atoms with E-state index in [1.807, 2.05) is 33.8 Å². The highest BCUT2D eigenvalue weighted by Gasteiger charge is 2.24. The monoisotopic (exact) mass is 284 g/mol. The van der Waals surface area contributed by atoms with Gasteiger partial charge >= 0.3 is 0 Å². The molecule has 0 saturated heterocycles. The summed E-state index contributed by atoms with van der Waals surface area (Å²) >= 11 is 0. The van der Waals surface area contributed by atoms with Crippen molar-refractivity contribution in [3.05, 3.63) is 29.8 Å². The van der Waals surface area contributed by atoms with Crippen LogP contribution in [0.2, 0.25) is 0 Å². The second-order valence-corrected chi connectivity index (χ2v) is 6.95. The summed E-state index contributed by atoms with van der Waals surface area (Å²) in [6, 6.07) is 7.05. The van der Waals surface area contributed by atoms with Crippen molar-refractivity contribution in [2.75, 3.05) is 6.54 Å². The van der Waals surface area contributed by atoms with Gasteiger partial charge in [0.05, 0.1) is 4.90 Å². The van der Waals surface area contributed by atoms with Crippen molar-refractivity contribution < 1.29 is 8.42 Å². The molecule has 4 nitrogen and oxygen atoms in total. The topological polar surface area (TPSA) is 58.2 Å². The first-order valence-electron chi connectivity index (χ1n) is 6.64. The second-order valence-electron chi connectivity index (χ2n) is 5.27. The third-order valence-electron chi connectivity index (χ3n) is 3.08. The van der Waals surface area contributed by atoms with E-state index < -0.39 is 15.6 Å². The molecule has 0 heterocycles. The van der Waals surface area contributed by atoms with Gasteiger partial charge in [-0.25, -0.2) is 13.1 Å². The molecular formula is C14H24N2O2S. The normalized spacial score (nSPS) is 12.6. The molecule has 1 aromatic carbocycles. The lowest BCUT2D eigenvalue weighted by Gasteiger charge is -2.24. The Balaban J connectivity index is 2.95. The van der Waals surface area contributed by atoms with E-state index >= 15 is 0 Å². The molecule has 0 aliphatic carbocycles. The van der Waals surface area contributed by atoms with Gasteiger partial charge in [0, 0.05) is 12.1 Å². The van der Waals surface area contributed by atoms with Gasteiger partial charge in [0.2, 0.25) is 10.0 Å². The average Bonchev–Trinajstić information content (AvgIpc) is 2.35. The fourth-order valence-electron chi connectivity index (χ4n) is 1.59. The average molecular weight is 284 g/mol. The SMILES string of the molecule is CCNCc1cccc(S(=O)(=O)NC(C)(C)CC)c1. The Kier molecular flexibility index (Phi) is 5.52. The lowest BCUT2D eigenvalue weighted by Crippen LogP contribution is -2.42. The van der Waals surface area contributed by atoms with E-state index in [1.54, 1.807) is 18.2 Å². The maximum Gasteiger partial charge on any atom is 0.241 e. The summed E-state index contributed by atoms with van der Waals surface area (Å²) in [6.07, 6.45) is 0.739. The number of rotatable bonds is 7. The van der Waals surface area contributed by atoms with Crippen LogP contribution in [-0.2, 0) is 16.6 Å². The van der Waals surface area contributed by atoms with E-state index in [0.717, 1.165) is 18.5 Å². The summed E-state index contributed by atoms with van der Waals surface area (Å²) in [6.45, 7) is 9.28. The van der Waals surface area contributed by atoms with E-state index in [1.165, 1.54) is 0 Å². The van der Waals surface area contributed by atoms with Gasteiger partial charge in [-0.05, 0) is 44.5 Å². The summed E-state index contributed by atoms with van der Waals surface area (Å²) in [5.41, 5.74) is 0.537. The molecule has 0 spiro atoms. The molecule has 1 aromatic rings. The molecule has 0 bridgehead atoms. The molecule has 0 radical (unpaired) electrons. The zero-order chi connectivity index (χ0) is 14.5. The Hall–Kier alpha value is -0.910. The third kappa shape index (κ3) is 4.93. The van der Waals surface area contributed by atoms with Crippen LogP contribution in [0.1, 0.15) is 39.7 Å². The van der Waals surface area contributed by atoms with Crippen LogP contribution in [0, 0.1) is 0 Å². The largest absolute Gasteiger partial charge is 0.313 e.